The third-order valence-corrected chi connectivity index (χ3v) is 1.24. The minimum atomic E-state index is 0.513. The van der Waals surface area contributed by atoms with Crippen molar-refractivity contribution in [3.8, 4) is 0 Å². The van der Waals surface area contributed by atoms with Gasteiger partial charge in [-0.3, -0.25) is 0 Å². The first-order valence-corrected chi connectivity index (χ1v) is 3.41. The van der Waals surface area contributed by atoms with Gasteiger partial charge in [-0.25, -0.2) is 4.68 Å². The van der Waals surface area contributed by atoms with E-state index in [2.05, 4.69) is 17.0 Å². The van der Waals surface area contributed by atoms with Crippen molar-refractivity contribution >= 4 is 5.95 Å². The Hall–Kier alpha value is -1.06. The van der Waals surface area contributed by atoms with Crippen LogP contribution in [-0.4, -0.2) is 14.8 Å². The first-order chi connectivity index (χ1) is 4.74. The highest BCUT2D eigenvalue weighted by atomic mass is 15.4. The van der Waals surface area contributed by atoms with E-state index in [1.807, 2.05) is 6.92 Å². The molecule has 0 radical (unpaired) electrons. The van der Waals surface area contributed by atoms with Gasteiger partial charge in [0.2, 0.25) is 5.95 Å². The summed E-state index contributed by atoms with van der Waals surface area (Å²) in [6.07, 6.45) is 1.03. The van der Waals surface area contributed by atoms with E-state index in [1.54, 1.807) is 4.68 Å². The molecule has 0 amide bonds. The molecule has 10 heavy (non-hydrogen) atoms. The second-order valence-corrected chi connectivity index (χ2v) is 2.24. The van der Waals surface area contributed by atoms with E-state index in [1.165, 1.54) is 0 Å². The van der Waals surface area contributed by atoms with E-state index >= 15 is 0 Å². The summed E-state index contributed by atoms with van der Waals surface area (Å²) in [5.74, 6) is 1.25. The monoisotopic (exact) mass is 140 g/mol. The third kappa shape index (κ3) is 1.26. The summed E-state index contributed by atoms with van der Waals surface area (Å²) in [5.41, 5.74) is 5.52. The summed E-state index contributed by atoms with van der Waals surface area (Å²) in [5, 5.41) is 4.08. The number of rotatable bonds is 2. The molecule has 0 spiro atoms. The Balaban J connectivity index is 2.81. The lowest BCUT2D eigenvalue weighted by Gasteiger charge is -1.96. The van der Waals surface area contributed by atoms with Crippen LogP contribution in [0, 0.1) is 6.92 Å². The molecule has 1 heterocycles. The second kappa shape index (κ2) is 2.68. The lowest BCUT2D eigenvalue weighted by atomic mass is 10.5. The highest BCUT2D eigenvalue weighted by Gasteiger charge is 1.99. The average molecular weight is 140 g/mol. The van der Waals surface area contributed by atoms with E-state index in [9.17, 15) is 0 Å². The van der Waals surface area contributed by atoms with Crippen molar-refractivity contribution in [2.24, 2.45) is 0 Å². The Labute approximate surface area is 60.1 Å². The average Bonchev–Trinajstić information content (AvgIpc) is 2.13. The lowest BCUT2D eigenvalue weighted by Crippen LogP contribution is -2.04. The van der Waals surface area contributed by atoms with Gasteiger partial charge in [0.1, 0.15) is 5.82 Å². The van der Waals surface area contributed by atoms with E-state index in [-0.39, 0.29) is 0 Å². The molecule has 0 bridgehead atoms. The van der Waals surface area contributed by atoms with Crippen LogP contribution in [0.5, 0.6) is 0 Å². The van der Waals surface area contributed by atoms with Crippen molar-refractivity contribution in [2.45, 2.75) is 26.8 Å². The number of aromatic nitrogens is 3. The summed E-state index contributed by atoms with van der Waals surface area (Å²) in [7, 11) is 0. The molecule has 4 nitrogen and oxygen atoms in total. The van der Waals surface area contributed by atoms with Crippen LogP contribution in [-0.2, 0) is 6.54 Å². The zero-order valence-electron chi connectivity index (χ0n) is 6.33. The van der Waals surface area contributed by atoms with Gasteiger partial charge in [0.05, 0.1) is 0 Å². The lowest BCUT2D eigenvalue weighted by molar-refractivity contribution is 0.606. The second-order valence-electron chi connectivity index (χ2n) is 2.24. The molecule has 2 N–H and O–H groups in total. The number of hydrogen-bond donors (Lipinski definition) is 1. The van der Waals surface area contributed by atoms with E-state index < -0.39 is 0 Å². The Morgan fingerprint density at radius 1 is 1.60 bits per heavy atom. The van der Waals surface area contributed by atoms with Crippen molar-refractivity contribution in [1.29, 1.82) is 0 Å². The fraction of sp³-hybridized carbons (Fsp3) is 0.667. The summed E-state index contributed by atoms with van der Waals surface area (Å²) < 4.78 is 1.72. The van der Waals surface area contributed by atoms with E-state index in [0.717, 1.165) is 18.8 Å². The Kier molecular flexibility index (Phi) is 1.89. The maximum Gasteiger partial charge on any atom is 0.218 e. The van der Waals surface area contributed by atoms with Crippen LogP contribution in [0.15, 0.2) is 0 Å². The molecule has 0 unspecified atom stereocenters. The Morgan fingerprint density at radius 2 is 2.30 bits per heavy atom. The normalized spacial score (nSPS) is 10.2. The molecule has 1 aromatic heterocycles. The molecular formula is C6H12N4. The highest BCUT2D eigenvalue weighted by Crippen LogP contribution is 1.99. The largest absolute Gasteiger partial charge is 0.368 e. The number of nitrogens with zero attached hydrogens (tertiary/aromatic N) is 3. The Morgan fingerprint density at radius 3 is 2.70 bits per heavy atom. The fourth-order valence-electron chi connectivity index (χ4n) is 0.848. The molecular weight excluding hydrogens is 128 g/mol. The van der Waals surface area contributed by atoms with E-state index in [4.69, 9.17) is 5.73 Å². The number of nitrogen functional groups attached to an aromatic ring is 1. The molecule has 0 saturated carbocycles. The van der Waals surface area contributed by atoms with Crippen LogP contribution in [0.3, 0.4) is 0 Å². The van der Waals surface area contributed by atoms with Gasteiger partial charge < -0.3 is 5.73 Å². The van der Waals surface area contributed by atoms with Gasteiger partial charge in [0.15, 0.2) is 0 Å². The van der Waals surface area contributed by atoms with Gasteiger partial charge in [0, 0.05) is 6.54 Å². The van der Waals surface area contributed by atoms with Gasteiger partial charge in [-0.1, -0.05) is 6.92 Å². The number of nitrogens with two attached hydrogens (primary N) is 1. The van der Waals surface area contributed by atoms with Gasteiger partial charge in [-0.15, -0.1) is 0 Å². The van der Waals surface area contributed by atoms with Crippen LogP contribution >= 0.6 is 0 Å². The molecule has 0 aliphatic rings. The number of aryl methyl sites for hydroxylation is 2. The van der Waals surface area contributed by atoms with Gasteiger partial charge in [-0.2, -0.15) is 10.1 Å². The predicted molar refractivity (Wildman–Crippen MR) is 39.5 cm³/mol. The van der Waals surface area contributed by atoms with Crippen LogP contribution in [0.25, 0.3) is 0 Å². The fourth-order valence-corrected chi connectivity index (χ4v) is 0.848. The standard InChI is InChI=1S/C6H12N4/c1-3-4-10-6(7)8-5(2)9-10/h3-4H2,1-2H3,(H2,7,8,9). The molecule has 0 aliphatic carbocycles. The SMILES string of the molecule is CCCn1nc(C)nc1N. The number of hydrogen-bond acceptors (Lipinski definition) is 3. The van der Waals surface area contributed by atoms with Crippen molar-refractivity contribution in [3.63, 3.8) is 0 Å². The maximum atomic E-state index is 5.52. The predicted octanol–water partition coefficient (Wildman–Crippen LogP) is 0.579. The quantitative estimate of drug-likeness (QED) is 0.653. The summed E-state index contributed by atoms with van der Waals surface area (Å²) in [6.45, 7) is 4.77. The minimum Gasteiger partial charge on any atom is -0.368 e. The van der Waals surface area contributed by atoms with Crippen LogP contribution < -0.4 is 5.73 Å². The molecule has 1 aromatic rings. The molecule has 4 heteroatoms. The van der Waals surface area contributed by atoms with Gasteiger partial charge in [-0.05, 0) is 13.3 Å². The topological polar surface area (TPSA) is 56.7 Å². The van der Waals surface area contributed by atoms with Crippen molar-refractivity contribution in [2.75, 3.05) is 5.73 Å². The first kappa shape index (κ1) is 7.05. The molecule has 0 aromatic carbocycles. The first-order valence-electron chi connectivity index (χ1n) is 3.41. The zero-order chi connectivity index (χ0) is 7.56. The highest BCUT2D eigenvalue weighted by molar-refractivity contribution is 5.15. The summed E-state index contributed by atoms with van der Waals surface area (Å²) in [6, 6.07) is 0. The van der Waals surface area contributed by atoms with Crippen LogP contribution in [0.2, 0.25) is 0 Å². The maximum absolute atomic E-state index is 5.52. The summed E-state index contributed by atoms with van der Waals surface area (Å²) in [4.78, 5) is 3.96. The van der Waals surface area contributed by atoms with Crippen molar-refractivity contribution in [3.05, 3.63) is 5.82 Å². The van der Waals surface area contributed by atoms with E-state index in [0.29, 0.717) is 5.95 Å². The van der Waals surface area contributed by atoms with Crippen LogP contribution in [0.4, 0.5) is 5.95 Å². The van der Waals surface area contributed by atoms with Crippen LogP contribution in [0.1, 0.15) is 19.2 Å². The molecule has 0 aliphatic heterocycles. The third-order valence-electron chi connectivity index (χ3n) is 1.24. The number of anilines is 1. The molecule has 0 fully saturated rings. The van der Waals surface area contributed by atoms with Gasteiger partial charge >= 0.3 is 0 Å². The van der Waals surface area contributed by atoms with Crippen molar-refractivity contribution in [1.82, 2.24) is 14.8 Å². The Bertz CT molecular complexity index is 216. The molecule has 0 saturated heterocycles. The molecule has 1 rings (SSSR count). The molecule has 56 valence electrons. The molecule has 0 atom stereocenters. The zero-order valence-corrected chi connectivity index (χ0v) is 6.33. The smallest absolute Gasteiger partial charge is 0.218 e. The summed E-state index contributed by atoms with van der Waals surface area (Å²) >= 11 is 0. The minimum absolute atomic E-state index is 0.513. The van der Waals surface area contributed by atoms with Crippen molar-refractivity contribution < 1.29 is 0 Å². The van der Waals surface area contributed by atoms with Gasteiger partial charge in [0.25, 0.3) is 0 Å².